The Morgan fingerprint density at radius 1 is 1.15 bits per heavy atom. The average molecular weight is 458 g/mol. The summed E-state index contributed by atoms with van der Waals surface area (Å²) in [5.41, 5.74) is 3.84. The Labute approximate surface area is 197 Å². The molecule has 174 valence electrons. The third-order valence-electron chi connectivity index (χ3n) is 6.53. The Bertz CT molecular complexity index is 1400. The summed E-state index contributed by atoms with van der Waals surface area (Å²) in [6, 6.07) is 8.20. The molecule has 1 saturated heterocycles. The number of aromatic nitrogens is 4. The highest BCUT2D eigenvalue weighted by Crippen LogP contribution is 2.34. The zero-order chi connectivity index (χ0) is 23.2. The normalized spacial score (nSPS) is 18.4. The highest BCUT2D eigenvalue weighted by atomic mass is 16.5. The molecule has 0 aromatic carbocycles. The minimum atomic E-state index is 0.0361. The number of pyridine rings is 3. The van der Waals surface area contributed by atoms with Gasteiger partial charge in [-0.05, 0) is 44.0 Å². The maximum absolute atomic E-state index is 12.3. The summed E-state index contributed by atoms with van der Waals surface area (Å²) in [7, 11) is 1.84. The van der Waals surface area contributed by atoms with Gasteiger partial charge < -0.3 is 20.3 Å². The van der Waals surface area contributed by atoms with E-state index in [1.54, 1.807) is 6.20 Å². The summed E-state index contributed by atoms with van der Waals surface area (Å²) in [4.78, 5) is 23.7. The van der Waals surface area contributed by atoms with Gasteiger partial charge in [0.05, 0.1) is 35.8 Å². The maximum atomic E-state index is 12.3. The predicted molar refractivity (Wildman–Crippen MR) is 132 cm³/mol. The monoisotopic (exact) mass is 457 g/mol. The molecule has 6 rings (SSSR count). The number of ether oxygens (including phenoxy) is 1. The van der Waals surface area contributed by atoms with Gasteiger partial charge in [-0.3, -0.25) is 4.79 Å². The number of nitrogens with one attached hydrogen (secondary N) is 2. The SMILES string of the molecule is CNc1ncc(-c2cc3ccc(N4CCOC(C)C4)cn3n2)c2cc(NC(=O)C3CC3)ncc12. The number of carbonyl (C=O) groups is 1. The van der Waals surface area contributed by atoms with Crippen molar-refractivity contribution in [2.75, 3.05) is 42.3 Å². The van der Waals surface area contributed by atoms with Crippen LogP contribution in [0.3, 0.4) is 0 Å². The van der Waals surface area contributed by atoms with E-state index in [1.165, 1.54) is 0 Å². The molecule has 1 aliphatic heterocycles. The van der Waals surface area contributed by atoms with Gasteiger partial charge in [0.15, 0.2) is 0 Å². The summed E-state index contributed by atoms with van der Waals surface area (Å²) < 4.78 is 7.60. The van der Waals surface area contributed by atoms with Gasteiger partial charge in [-0.1, -0.05) is 0 Å². The lowest BCUT2D eigenvalue weighted by Crippen LogP contribution is -2.41. The second kappa shape index (κ2) is 8.25. The zero-order valence-corrected chi connectivity index (χ0v) is 19.3. The molecule has 1 saturated carbocycles. The summed E-state index contributed by atoms with van der Waals surface area (Å²) in [5.74, 6) is 1.43. The fraction of sp³-hybridized carbons (Fsp3) is 0.360. The molecule has 2 aliphatic rings. The Balaban J connectivity index is 1.40. The van der Waals surface area contributed by atoms with Crippen LogP contribution >= 0.6 is 0 Å². The van der Waals surface area contributed by atoms with E-state index in [-0.39, 0.29) is 17.9 Å². The number of hydrogen-bond donors (Lipinski definition) is 2. The standard InChI is InChI=1S/C25H27N7O2/c1-15-13-31(7-8-34-15)18-6-5-17-9-22(30-32(17)14-18)20-11-28-24(26-2)21-12-27-23(10-19(20)21)29-25(33)16-3-4-16/h5-6,9-12,14-16H,3-4,7-8,13H2,1-2H3,(H,26,28)(H,27,29,33). The number of anilines is 3. The smallest absolute Gasteiger partial charge is 0.228 e. The van der Waals surface area contributed by atoms with Crippen LogP contribution in [0.2, 0.25) is 0 Å². The van der Waals surface area contributed by atoms with Gasteiger partial charge in [0.25, 0.3) is 0 Å². The highest BCUT2D eigenvalue weighted by Gasteiger charge is 2.30. The van der Waals surface area contributed by atoms with Gasteiger partial charge >= 0.3 is 0 Å². The van der Waals surface area contributed by atoms with Crippen LogP contribution in [-0.4, -0.2) is 58.3 Å². The minimum Gasteiger partial charge on any atom is -0.375 e. The number of nitrogens with zero attached hydrogens (tertiary/aromatic N) is 5. The molecular weight excluding hydrogens is 430 g/mol. The van der Waals surface area contributed by atoms with Crippen molar-refractivity contribution in [2.24, 2.45) is 5.92 Å². The van der Waals surface area contributed by atoms with Gasteiger partial charge in [-0.2, -0.15) is 5.10 Å². The van der Waals surface area contributed by atoms with Crippen LogP contribution in [0.1, 0.15) is 19.8 Å². The van der Waals surface area contributed by atoms with Crippen LogP contribution in [0.4, 0.5) is 17.3 Å². The van der Waals surface area contributed by atoms with Gasteiger partial charge in [-0.25, -0.2) is 14.5 Å². The first-order valence-electron chi connectivity index (χ1n) is 11.7. The molecule has 4 aromatic heterocycles. The Kier molecular flexibility index (Phi) is 5.06. The second-order valence-corrected chi connectivity index (χ2v) is 9.06. The fourth-order valence-electron chi connectivity index (χ4n) is 4.53. The Morgan fingerprint density at radius 2 is 2.03 bits per heavy atom. The molecule has 4 aromatic rings. The van der Waals surface area contributed by atoms with Crippen molar-refractivity contribution in [3.8, 4) is 11.3 Å². The maximum Gasteiger partial charge on any atom is 0.228 e. The van der Waals surface area contributed by atoms with E-state index in [0.717, 1.165) is 71.6 Å². The van der Waals surface area contributed by atoms with Crippen molar-refractivity contribution >= 4 is 39.5 Å². The number of carbonyl (C=O) groups excluding carboxylic acids is 1. The van der Waals surface area contributed by atoms with E-state index in [0.29, 0.717) is 5.82 Å². The molecule has 1 atom stereocenters. The van der Waals surface area contributed by atoms with Crippen molar-refractivity contribution in [2.45, 2.75) is 25.9 Å². The highest BCUT2D eigenvalue weighted by molar-refractivity contribution is 6.03. The average Bonchev–Trinajstić information content (AvgIpc) is 3.62. The van der Waals surface area contributed by atoms with E-state index < -0.39 is 0 Å². The van der Waals surface area contributed by atoms with Gasteiger partial charge in [0.2, 0.25) is 5.91 Å². The topological polar surface area (TPSA) is 96.7 Å². The lowest BCUT2D eigenvalue weighted by molar-refractivity contribution is -0.117. The predicted octanol–water partition coefficient (Wildman–Crippen LogP) is 3.56. The fourth-order valence-corrected chi connectivity index (χ4v) is 4.53. The minimum absolute atomic E-state index is 0.0361. The van der Waals surface area contributed by atoms with Crippen LogP contribution in [0.15, 0.2) is 42.9 Å². The van der Waals surface area contributed by atoms with Crippen LogP contribution in [0, 0.1) is 5.92 Å². The van der Waals surface area contributed by atoms with Crippen LogP contribution in [0.5, 0.6) is 0 Å². The largest absolute Gasteiger partial charge is 0.375 e. The summed E-state index contributed by atoms with van der Waals surface area (Å²) in [6.45, 7) is 4.56. The lowest BCUT2D eigenvalue weighted by Gasteiger charge is -2.32. The molecule has 1 unspecified atom stereocenters. The molecule has 34 heavy (non-hydrogen) atoms. The molecule has 2 N–H and O–H groups in total. The second-order valence-electron chi connectivity index (χ2n) is 9.06. The molecule has 9 heteroatoms. The number of morpholine rings is 1. The third kappa shape index (κ3) is 3.81. The molecule has 1 aliphatic carbocycles. The van der Waals surface area contributed by atoms with Crippen molar-refractivity contribution < 1.29 is 9.53 Å². The first-order chi connectivity index (χ1) is 16.6. The number of amides is 1. The van der Waals surface area contributed by atoms with E-state index in [4.69, 9.17) is 9.84 Å². The van der Waals surface area contributed by atoms with Gasteiger partial charge in [-0.15, -0.1) is 0 Å². The van der Waals surface area contributed by atoms with E-state index in [1.807, 2.05) is 23.8 Å². The first kappa shape index (κ1) is 20.9. The summed E-state index contributed by atoms with van der Waals surface area (Å²) in [5, 5.41) is 12.8. The Hall–Kier alpha value is -3.72. The van der Waals surface area contributed by atoms with Gasteiger partial charge in [0, 0.05) is 54.8 Å². The van der Waals surface area contributed by atoms with Crippen molar-refractivity contribution in [1.82, 2.24) is 19.6 Å². The molecule has 0 spiro atoms. The molecular formula is C25H27N7O2. The van der Waals surface area contributed by atoms with E-state index in [2.05, 4.69) is 56.8 Å². The van der Waals surface area contributed by atoms with Crippen LogP contribution in [0.25, 0.3) is 27.5 Å². The molecule has 1 amide bonds. The summed E-state index contributed by atoms with van der Waals surface area (Å²) in [6.07, 6.45) is 7.76. The lowest BCUT2D eigenvalue weighted by atomic mass is 10.1. The summed E-state index contributed by atoms with van der Waals surface area (Å²) >= 11 is 0. The number of rotatable bonds is 5. The van der Waals surface area contributed by atoms with Crippen LogP contribution < -0.4 is 15.5 Å². The molecule has 5 heterocycles. The number of hydrogen-bond acceptors (Lipinski definition) is 7. The van der Waals surface area contributed by atoms with Crippen molar-refractivity contribution in [1.29, 1.82) is 0 Å². The van der Waals surface area contributed by atoms with E-state index in [9.17, 15) is 4.79 Å². The quantitative estimate of drug-likeness (QED) is 0.473. The molecule has 9 nitrogen and oxygen atoms in total. The molecule has 2 fully saturated rings. The first-order valence-corrected chi connectivity index (χ1v) is 11.7. The molecule has 0 bridgehead atoms. The van der Waals surface area contributed by atoms with Crippen LogP contribution in [-0.2, 0) is 9.53 Å². The van der Waals surface area contributed by atoms with Crippen molar-refractivity contribution in [3.05, 3.63) is 42.9 Å². The van der Waals surface area contributed by atoms with E-state index >= 15 is 0 Å². The number of fused-ring (bicyclic) bond motifs is 2. The van der Waals surface area contributed by atoms with Gasteiger partial charge in [0.1, 0.15) is 11.6 Å². The van der Waals surface area contributed by atoms with Crippen molar-refractivity contribution in [3.63, 3.8) is 0 Å². The third-order valence-corrected chi connectivity index (χ3v) is 6.53. The molecule has 0 radical (unpaired) electrons. The zero-order valence-electron chi connectivity index (χ0n) is 19.3. The Morgan fingerprint density at radius 3 is 2.82 bits per heavy atom.